The zero-order valence-electron chi connectivity index (χ0n) is 30.0. The van der Waals surface area contributed by atoms with Crippen LogP contribution in [0, 0.1) is 5.41 Å². The van der Waals surface area contributed by atoms with E-state index in [4.69, 9.17) is 16.3 Å². The van der Waals surface area contributed by atoms with Gasteiger partial charge in [-0.1, -0.05) is 78.6 Å². The average Bonchev–Trinajstić information content (AvgIpc) is 3.32. The van der Waals surface area contributed by atoms with Gasteiger partial charge in [0.1, 0.15) is 11.5 Å². The first-order valence-electron chi connectivity index (χ1n) is 17.2. The summed E-state index contributed by atoms with van der Waals surface area (Å²) in [7, 11) is 1.60. The number of Topliss-reactive ketones (excluding diaryl/α,β-unsaturated/α-hetero) is 2. The molecular weight excluding hydrogens is 630 g/mol. The Kier molecular flexibility index (Phi) is 13.0. The Balaban J connectivity index is 1.29. The van der Waals surface area contributed by atoms with Crippen LogP contribution in [0.1, 0.15) is 107 Å². The van der Waals surface area contributed by atoms with E-state index in [1.165, 1.54) is 30.4 Å². The number of carbonyl (C=O) groups is 3. The summed E-state index contributed by atoms with van der Waals surface area (Å²) < 4.78 is 5.46. The highest BCUT2D eigenvalue weighted by atomic mass is 35.5. The predicted molar refractivity (Wildman–Crippen MR) is 202 cm³/mol. The van der Waals surface area contributed by atoms with Gasteiger partial charge >= 0.3 is 0 Å². The van der Waals surface area contributed by atoms with E-state index in [0.29, 0.717) is 35.7 Å². The molecule has 0 heterocycles. The maximum atomic E-state index is 13.6. The van der Waals surface area contributed by atoms with E-state index in [2.05, 4.69) is 51.2 Å². The van der Waals surface area contributed by atoms with Crippen LogP contribution >= 0.6 is 11.6 Å². The van der Waals surface area contributed by atoms with Crippen LogP contribution in [0.15, 0.2) is 107 Å². The first kappa shape index (κ1) is 37.6. The van der Waals surface area contributed by atoms with Crippen LogP contribution in [0.3, 0.4) is 0 Å². The Morgan fingerprint density at radius 3 is 2.45 bits per heavy atom. The molecule has 1 atom stereocenters. The van der Waals surface area contributed by atoms with Crippen LogP contribution in [-0.2, 0) is 9.59 Å². The Hall–Kier alpha value is -4.22. The molecule has 1 N–H and O–H groups in total. The lowest BCUT2D eigenvalue weighted by molar-refractivity contribution is -0.119. The highest BCUT2D eigenvalue weighted by Crippen LogP contribution is 2.46. The zero-order valence-corrected chi connectivity index (χ0v) is 30.8. The lowest BCUT2D eigenvalue weighted by Gasteiger charge is -2.32. The van der Waals surface area contributed by atoms with E-state index in [9.17, 15) is 14.4 Å². The molecule has 2 aromatic rings. The molecule has 0 saturated heterocycles. The fraction of sp³-hybridized carbons (Fsp3) is 0.372. The second kappa shape index (κ2) is 16.9. The maximum Gasteiger partial charge on any atom is 0.244 e. The number of fused-ring (bicyclic) bond motifs is 1. The minimum Gasteiger partial charge on any atom is -0.497 e. The monoisotopic (exact) mass is 679 g/mol. The highest BCUT2D eigenvalue weighted by Gasteiger charge is 2.35. The molecule has 258 valence electrons. The molecule has 0 spiro atoms. The first-order valence-corrected chi connectivity index (χ1v) is 17.6. The van der Waals surface area contributed by atoms with Crippen LogP contribution in [0.25, 0.3) is 5.57 Å². The van der Waals surface area contributed by atoms with Gasteiger partial charge in [0.15, 0.2) is 5.78 Å². The first-order chi connectivity index (χ1) is 23.3. The zero-order chi connectivity index (χ0) is 35.7. The van der Waals surface area contributed by atoms with Gasteiger partial charge in [0.05, 0.1) is 13.0 Å². The summed E-state index contributed by atoms with van der Waals surface area (Å²) in [6.07, 6.45) is 16.6. The number of halogens is 1. The van der Waals surface area contributed by atoms with Crippen molar-refractivity contribution in [2.45, 2.75) is 86.0 Å². The van der Waals surface area contributed by atoms with Crippen LogP contribution < -0.4 is 10.1 Å². The van der Waals surface area contributed by atoms with Crippen molar-refractivity contribution >= 4 is 34.6 Å². The average molecular weight is 680 g/mol. The minimum absolute atomic E-state index is 0.0290. The van der Waals surface area contributed by atoms with Crippen molar-refractivity contribution in [3.05, 3.63) is 128 Å². The third-order valence-electron chi connectivity index (χ3n) is 9.63. The molecule has 5 nitrogen and oxygen atoms in total. The molecule has 49 heavy (non-hydrogen) atoms. The minimum atomic E-state index is -0.472. The van der Waals surface area contributed by atoms with E-state index in [1.807, 2.05) is 44.2 Å². The lowest BCUT2D eigenvalue weighted by atomic mass is 9.72. The molecule has 2 aromatic carbocycles. The molecule has 2 aliphatic rings. The maximum absolute atomic E-state index is 13.6. The summed E-state index contributed by atoms with van der Waals surface area (Å²) in [4.78, 5) is 39.3. The van der Waals surface area contributed by atoms with Gasteiger partial charge in [-0.2, -0.15) is 0 Å². The number of methoxy groups -OCH3 is 1. The Morgan fingerprint density at radius 1 is 1.02 bits per heavy atom. The van der Waals surface area contributed by atoms with Gasteiger partial charge < -0.3 is 10.1 Å². The Bertz CT molecular complexity index is 1760. The molecule has 0 aliphatic heterocycles. The number of ketones is 2. The van der Waals surface area contributed by atoms with Gasteiger partial charge in [-0.3, -0.25) is 14.4 Å². The molecule has 6 heteroatoms. The van der Waals surface area contributed by atoms with E-state index < -0.39 is 5.92 Å². The number of benzene rings is 2. The molecule has 0 bridgehead atoms. The third-order valence-corrected chi connectivity index (χ3v) is 9.89. The number of nitrogens with one attached hydrogen (secondary N) is 1. The van der Waals surface area contributed by atoms with E-state index in [1.54, 1.807) is 37.5 Å². The highest BCUT2D eigenvalue weighted by molar-refractivity contribution is 6.30. The summed E-state index contributed by atoms with van der Waals surface area (Å²) in [5, 5.41) is 3.47. The molecule has 1 unspecified atom stereocenters. The van der Waals surface area contributed by atoms with Gasteiger partial charge in [0.25, 0.3) is 0 Å². The van der Waals surface area contributed by atoms with Gasteiger partial charge in [-0.25, -0.2) is 0 Å². The van der Waals surface area contributed by atoms with Crippen LogP contribution in [0.2, 0.25) is 5.02 Å². The van der Waals surface area contributed by atoms with Crippen molar-refractivity contribution in [2.75, 3.05) is 13.7 Å². The van der Waals surface area contributed by atoms with Crippen molar-refractivity contribution in [3.63, 3.8) is 0 Å². The smallest absolute Gasteiger partial charge is 0.244 e. The molecule has 0 fully saturated rings. The van der Waals surface area contributed by atoms with Crippen molar-refractivity contribution in [1.29, 1.82) is 0 Å². The number of carbonyl (C=O) groups excluding carboxylic acids is 3. The molecule has 1 amide bonds. The number of hydrogen-bond acceptors (Lipinski definition) is 4. The largest absolute Gasteiger partial charge is 0.497 e. The Labute approximate surface area is 297 Å². The van der Waals surface area contributed by atoms with E-state index in [-0.39, 0.29) is 29.3 Å². The van der Waals surface area contributed by atoms with E-state index >= 15 is 0 Å². The van der Waals surface area contributed by atoms with Crippen LogP contribution in [0.4, 0.5) is 0 Å². The molecular formula is C43H50ClNO4. The number of hydrogen-bond donors (Lipinski definition) is 1. The van der Waals surface area contributed by atoms with Gasteiger partial charge in [0, 0.05) is 36.0 Å². The van der Waals surface area contributed by atoms with Gasteiger partial charge in [-0.05, 0) is 123 Å². The third kappa shape index (κ3) is 9.92. The standard InChI is InChI=1S/C43H50ClNO4/c1-28(15-22-39-30(3)13-9-23-43(39,5)6)11-8-12-29(2)25-40(47)45-24-10-14-34(46)26-37-31(4)41(36-21-20-35(49-7)27-38(36)37)42(48)32-16-18-33(44)19-17-32/h8,11-12,15-22,25,27,41H,9-10,13-14,23-24,26H2,1-7H3,(H,45,47)/b12-8+,22-15+,28-11+,29-25-. The van der Waals surface area contributed by atoms with Crippen molar-refractivity contribution in [1.82, 2.24) is 5.32 Å². The quantitative estimate of drug-likeness (QED) is 0.0933. The summed E-state index contributed by atoms with van der Waals surface area (Å²) in [5.41, 5.74) is 9.20. The summed E-state index contributed by atoms with van der Waals surface area (Å²) in [6, 6.07) is 12.6. The number of ether oxygens (including phenoxy) is 1. The van der Waals surface area contributed by atoms with Crippen LogP contribution in [0.5, 0.6) is 5.75 Å². The normalized spacial score (nSPS) is 18.0. The van der Waals surface area contributed by atoms with Crippen LogP contribution in [-0.4, -0.2) is 31.1 Å². The predicted octanol–water partition coefficient (Wildman–Crippen LogP) is 10.5. The van der Waals surface area contributed by atoms with Crippen molar-refractivity contribution in [2.24, 2.45) is 5.41 Å². The molecule has 0 saturated carbocycles. The number of allylic oxidation sites excluding steroid dienone is 11. The van der Waals surface area contributed by atoms with Crippen molar-refractivity contribution < 1.29 is 19.1 Å². The van der Waals surface area contributed by atoms with Gasteiger partial charge in [-0.15, -0.1) is 0 Å². The van der Waals surface area contributed by atoms with E-state index in [0.717, 1.165) is 33.4 Å². The Morgan fingerprint density at radius 2 is 1.76 bits per heavy atom. The van der Waals surface area contributed by atoms with Gasteiger partial charge in [0.2, 0.25) is 5.91 Å². The number of amides is 1. The molecule has 0 aromatic heterocycles. The molecule has 2 aliphatic carbocycles. The second-order valence-corrected chi connectivity index (χ2v) is 14.4. The summed E-state index contributed by atoms with van der Waals surface area (Å²) in [5.74, 6) is 0.0442. The summed E-state index contributed by atoms with van der Waals surface area (Å²) >= 11 is 6.05. The fourth-order valence-electron chi connectivity index (χ4n) is 6.87. The SMILES string of the molecule is COc1ccc2c(c1)C(CC(=O)CCCNC(=O)\C=C(C)/C=C/C=C(C)/C=C/C1=C(C)CCCC1(C)C)=C(C)C2C(=O)c1ccc(Cl)cc1. The lowest BCUT2D eigenvalue weighted by Crippen LogP contribution is -2.23. The molecule has 4 rings (SSSR count). The molecule has 0 radical (unpaired) electrons. The topological polar surface area (TPSA) is 72.5 Å². The fourth-order valence-corrected chi connectivity index (χ4v) is 7.00. The second-order valence-electron chi connectivity index (χ2n) is 14.0. The summed E-state index contributed by atoms with van der Waals surface area (Å²) in [6.45, 7) is 13.2. The van der Waals surface area contributed by atoms with Crippen molar-refractivity contribution in [3.8, 4) is 5.75 Å². The number of rotatable bonds is 14.